The van der Waals surface area contributed by atoms with Crippen LogP contribution in [0.1, 0.15) is 37.8 Å². The quantitative estimate of drug-likeness (QED) is 0.866. The van der Waals surface area contributed by atoms with Crippen molar-refractivity contribution in [2.45, 2.75) is 32.2 Å². The molecule has 0 spiro atoms. The molecule has 2 atom stereocenters. The fourth-order valence-corrected chi connectivity index (χ4v) is 3.20. The summed E-state index contributed by atoms with van der Waals surface area (Å²) in [6.07, 6.45) is 7.78. The van der Waals surface area contributed by atoms with Gasteiger partial charge in [0, 0.05) is 18.4 Å². The van der Waals surface area contributed by atoms with Crippen LogP contribution < -0.4 is 5.32 Å². The number of piperidine rings is 1. The van der Waals surface area contributed by atoms with Gasteiger partial charge in [-0.1, -0.05) is 13.0 Å². The first kappa shape index (κ1) is 13.5. The molecule has 0 aliphatic carbocycles. The van der Waals surface area contributed by atoms with Gasteiger partial charge in [-0.15, -0.1) is 0 Å². The van der Waals surface area contributed by atoms with Gasteiger partial charge in [0.05, 0.1) is 0 Å². The van der Waals surface area contributed by atoms with Crippen molar-refractivity contribution in [2.75, 3.05) is 26.7 Å². The Labute approximate surface area is 111 Å². The number of likely N-dealkylation sites (tertiary alicyclic amines) is 1. The number of hydrogen-bond donors (Lipinski definition) is 1. The van der Waals surface area contributed by atoms with Gasteiger partial charge >= 0.3 is 0 Å². The molecule has 3 nitrogen and oxygen atoms in total. The molecule has 2 rings (SSSR count). The number of aromatic nitrogens is 1. The van der Waals surface area contributed by atoms with E-state index >= 15 is 0 Å². The van der Waals surface area contributed by atoms with E-state index < -0.39 is 0 Å². The maximum Gasteiger partial charge on any atom is 0.0403 e. The second-order valence-corrected chi connectivity index (χ2v) is 5.23. The average Bonchev–Trinajstić information content (AvgIpc) is 2.41. The summed E-state index contributed by atoms with van der Waals surface area (Å²) in [5.41, 5.74) is 1.38. The Morgan fingerprint density at radius 3 is 3.06 bits per heavy atom. The molecule has 1 N–H and O–H groups in total. The van der Waals surface area contributed by atoms with Crippen LogP contribution in [0.15, 0.2) is 24.5 Å². The van der Waals surface area contributed by atoms with E-state index in [9.17, 15) is 0 Å². The zero-order valence-electron chi connectivity index (χ0n) is 11.6. The van der Waals surface area contributed by atoms with Gasteiger partial charge in [0.25, 0.3) is 0 Å². The van der Waals surface area contributed by atoms with E-state index in [1.807, 2.05) is 12.4 Å². The second-order valence-electron chi connectivity index (χ2n) is 5.23. The van der Waals surface area contributed by atoms with Gasteiger partial charge in [0.15, 0.2) is 0 Å². The summed E-state index contributed by atoms with van der Waals surface area (Å²) in [7, 11) is 2.05. The molecule has 2 unspecified atom stereocenters. The minimum Gasteiger partial charge on any atom is -0.319 e. The molecule has 1 aliphatic rings. The number of rotatable bonds is 5. The first-order chi connectivity index (χ1) is 8.86. The van der Waals surface area contributed by atoms with Crippen molar-refractivity contribution in [3.8, 4) is 0 Å². The maximum absolute atomic E-state index is 4.30. The Morgan fingerprint density at radius 1 is 1.50 bits per heavy atom. The number of nitrogens with one attached hydrogen (secondary N) is 1. The maximum atomic E-state index is 4.30. The molecule has 3 heteroatoms. The van der Waals surface area contributed by atoms with Crippen LogP contribution in [0.25, 0.3) is 0 Å². The summed E-state index contributed by atoms with van der Waals surface area (Å²) < 4.78 is 0. The third-order valence-electron chi connectivity index (χ3n) is 3.86. The topological polar surface area (TPSA) is 28.2 Å². The van der Waals surface area contributed by atoms with E-state index in [1.165, 1.54) is 37.9 Å². The van der Waals surface area contributed by atoms with Crippen molar-refractivity contribution >= 4 is 0 Å². The highest BCUT2D eigenvalue weighted by molar-refractivity contribution is 5.16. The van der Waals surface area contributed by atoms with Crippen LogP contribution in [0.2, 0.25) is 0 Å². The first-order valence-corrected chi connectivity index (χ1v) is 7.15. The van der Waals surface area contributed by atoms with Crippen molar-refractivity contribution in [3.05, 3.63) is 30.1 Å². The Bertz CT molecular complexity index is 321. The van der Waals surface area contributed by atoms with Crippen molar-refractivity contribution in [2.24, 2.45) is 5.92 Å². The molecule has 0 bridgehead atoms. The molecule has 1 aromatic rings. The smallest absolute Gasteiger partial charge is 0.0403 e. The highest BCUT2D eigenvalue weighted by Crippen LogP contribution is 2.35. The van der Waals surface area contributed by atoms with Gasteiger partial charge in [0.2, 0.25) is 0 Å². The lowest BCUT2D eigenvalue weighted by molar-refractivity contribution is 0.0922. The zero-order chi connectivity index (χ0) is 12.8. The third kappa shape index (κ3) is 3.09. The monoisotopic (exact) mass is 247 g/mol. The van der Waals surface area contributed by atoms with E-state index in [1.54, 1.807) is 0 Å². The van der Waals surface area contributed by atoms with Gasteiger partial charge < -0.3 is 5.32 Å². The van der Waals surface area contributed by atoms with Crippen molar-refractivity contribution in [1.82, 2.24) is 15.2 Å². The third-order valence-corrected chi connectivity index (χ3v) is 3.86. The van der Waals surface area contributed by atoms with Gasteiger partial charge in [-0.25, -0.2) is 0 Å². The summed E-state index contributed by atoms with van der Waals surface area (Å²) in [5.74, 6) is 0.708. The average molecular weight is 247 g/mol. The summed E-state index contributed by atoms with van der Waals surface area (Å²) in [4.78, 5) is 6.94. The SMILES string of the molecule is CCCN1CCCC(CNC)C1c1cccnc1. The molecule has 0 aromatic carbocycles. The van der Waals surface area contributed by atoms with Gasteiger partial charge in [-0.3, -0.25) is 9.88 Å². The molecular weight excluding hydrogens is 222 g/mol. The number of nitrogens with zero attached hydrogens (tertiary/aromatic N) is 2. The summed E-state index contributed by atoms with van der Waals surface area (Å²) in [5, 5.41) is 3.35. The fourth-order valence-electron chi connectivity index (χ4n) is 3.20. The Hall–Kier alpha value is -0.930. The Morgan fingerprint density at radius 2 is 2.39 bits per heavy atom. The molecule has 1 aliphatic heterocycles. The minimum atomic E-state index is 0.542. The van der Waals surface area contributed by atoms with Crippen LogP contribution >= 0.6 is 0 Å². The van der Waals surface area contributed by atoms with Crippen LogP contribution in [0, 0.1) is 5.92 Å². The molecule has 0 radical (unpaired) electrons. The second kappa shape index (κ2) is 6.86. The highest BCUT2D eigenvalue weighted by Gasteiger charge is 2.31. The molecule has 18 heavy (non-hydrogen) atoms. The molecule has 0 saturated carbocycles. The Balaban J connectivity index is 2.20. The van der Waals surface area contributed by atoms with Crippen LogP contribution in [0.4, 0.5) is 0 Å². The lowest BCUT2D eigenvalue weighted by atomic mass is 9.85. The van der Waals surface area contributed by atoms with Crippen LogP contribution in [0.5, 0.6) is 0 Å². The minimum absolute atomic E-state index is 0.542. The summed E-state index contributed by atoms with van der Waals surface area (Å²) >= 11 is 0. The van der Waals surface area contributed by atoms with Crippen LogP contribution in [-0.2, 0) is 0 Å². The zero-order valence-corrected chi connectivity index (χ0v) is 11.6. The van der Waals surface area contributed by atoms with Crippen molar-refractivity contribution in [1.29, 1.82) is 0 Å². The molecule has 100 valence electrons. The predicted octanol–water partition coefficient (Wildman–Crippen LogP) is 2.46. The fraction of sp³-hybridized carbons (Fsp3) is 0.667. The van der Waals surface area contributed by atoms with Crippen LogP contribution in [-0.4, -0.2) is 36.6 Å². The van der Waals surface area contributed by atoms with E-state index in [-0.39, 0.29) is 0 Å². The molecular formula is C15H25N3. The number of pyridine rings is 1. The largest absolute Gasteiger partial charge is 0.319 e. The molecule has 1 fully saturated rings. The summed E-state index contributed by atoms with van der Waals surface area (Å²) in [6, 6.07) is 4.83. The molecule has 1 aromatic heterocycles. The van der Waals surface area contributed by atoms with Crippen molar-refractivity contribution < 1.29 is 0 Å². The van der Waals surface area contributed by atoms with Gasteiger partial charge in [0.1, 0.15) is 0 Å². The lowest BCUT2D eigenvalue weighted by Crippen LogP contribution is -2.42. The number of hydrogen-bond acceptors (Lipinski definition) is 3. The lowest BCUT2D eigenvalue weighted by Gasteiger charge is -2.41. The molecule has 1 saturated heterocycles. The Kier molecular flexibility index (Phi) is 5.14. The molecule has 2 heterocycles. The standard InChI is InChI=1S/C15H25N3/c1-3-9-18-10-5-7-13(11-16-2)15(18)14-6-4-8-17-12-14/h4,6,8,12-13,15-16H,3,5,7,9-11H2,1-2H3. The van der Waals surface area contributed by atoms with E-state index in [2.05, 4.69) is 41.3 Å². The predicted molar refractivity (Wildman–Crippen MR) is 75.5 cm³/mol. The van der Waals surface area contributed by atoms with Gasteiger partial charge in [-0.2, -0.15) is 0 Å². The summed E-state index contributed by atoms with van der Waals surface area (Å²) in [6.45, 7) is 5.79. The van der Waals surface area contributed by atoms with E-state index in [4.69, 9.17) is 0 Å². The highest BCUT2D eigenvalue weighted by atomic mass is 15.2. The first-order valence-electron chi connectivity index (χ1n) is 7.15. The van der Waals surface area contributed by atoms with Crippen molar-refractivity contribution in [3.63, 3.8) is 0 Å². The molecule has 0 amide bonds. The normalized spacial score (nSPS) is 25.2. The van der Waals surface area contributed by atoms with Gasteiger partial charge in [-0.05, 0) is 63.5 Å². The van der Waals surface area contributed by atoms with Crippen LogP contribution in [0.3, 0.4) is 0 Å². The van der Waals surface area contributed by atoms with E-state index in [0.717, 1.165) is 6.54 Å². The van der Waals surface area contributed by atoms with E-state index in [0.29, 0.717) is 12.0 Å².